The Labute approximate surface area is 170 Å². The molecule has 1 aromatic carbocycles. The molecule has 7 heteroatoms. The van der Waals surface area contributed by atoms with E-state index in [2.05, 4.69) is 56.5 Å². The molecule has 4 rings (SSSR count). The lowest BCUT2D eigenvalue weighted by Gasteiger charge is -2.15. The number of β-amino-alcohol motifs (C(OH)–C–C–N with tert-alkyl or cyclic N) is 1. The Balaban J connectivity index is 0.000000755. The van der Waals surface area contributed by atoms with Crippen LogP contribution in [0.2, 0.25) is 0 Å². The Kier molecular flexibility index (Phi) is 7.10. The third kappa shape index (κ3) is 5.73. The molecule has 2 aromatic heterocycles. The van der Waals surface area contributed by atoms with Crippen molar-refractivity contribution in [2.75, 3.05) is 13.1 Å². The molecule has 3 aromatic rings. The predicted molar refractivity (Wildman–Crippen MR) is 110 cm³/mol. The molecule has 0 amide bonds. The maximum atomic E-state index is 10.4. The van der Waals surface area contributed by atoms with E-state index in [1.807, 2.05) is 19.2 Å². The van der Waals surface area contributed by atoms with E-state index in [-0.39, 0.29) is 18.5 Å². The molecule has 0 bridgehead atoms. The van der Waals surface area contributed by atoms with Gasteiger partial charge < -0.3 is 10.2 Å². The molecule has 0 saturated carbocycles. The number of H-pyrrole nitrogens is 1. The highest BCUT2D eigenvalue weighted by Gasteiger charge is 2.31. The van der Waals surface area contributed by atoms with Gasteiger partial charge in [-0.3, -0.25) is 19.8 Å². The molecule has 1 fully saturated rings. The van der Waals surface area contributed by atoms with Crippen molar-refractivity contribution < 1.29 is 15.0 Å². The number of carbonyl (C=O) groups is 1. The van der Waals surface area contributed by atoms with Crippen LogP contribution in [0.15, 0.2) is 54.9 Å². The Morgan fingerprint density at radius 3 is 2.59 bits per heavy atom. The highest BCUT2D eigenvalue weighted by molar-refractivity contribution is 5.62. The Morgan fingerprint density at radius 2 is 1.97 bits per heavy atom. The predicted octanol–water partition coefficient (Wildman–Crippen LogP) is 2.52. The molecule has 2 atom stereocenters. The maximum absolute atomic E-state index is 10.4. The molecule has 0 radical (unpaired) electrons. The summed E-state index contributed by atoms with van der Waals surface area (Å²) >= 11 is 0. The van der Waals surface area contributed by atoms with Crippen molar-refractivity contribution in [1.82, 2.24) is 20.1 Å². The molecule has 0 unspecified atom stereocenters. The molecule has 7 nitrogen and oxygen atoms in total. The van der Waals surface area contributed by atoms with E-state index < -0.39 is 0 Å². The van der Waals surface area contributed by atoms with Crippen molar-refractivity contribution in [2.45, 2.75) is 26.0 Å². The molecular formula is C22H26N4O3. The molecule has 152 valence electrons. The van der Waals surface area contributed by atoms with Gasteiger partial charge in [0, 0.05) is 43.6 Å². The number of nitrogens with one attached hydrogen (secondary N) is 1. The molecule has 0 spiro atoms. The summed E-state index contributed by atoms with van der Waals surface area (Å²) in [5, 5.41) is 24.6. The molecule has 0 aliphatic carbocycles. The summed E-state index contributed by atoms with van der Waals surface area (Å²) in [7, 11) is 0. The quantitative estimate of drug-likeness (QED) is 0.575. The average molecular weight is 394 g/mol. The summed E-state index contributed by atoms with van der Waals surface area (Å²) in [5.41, 5.74) is 5.67. The fourth-order valence-corrected chi connectivity index (χ4v) is 3.71. The van der Waals surface area contributed by atoms with Crippen LogP contribution in [0, 0.1) is 12.8 Å². The molecule has 3 heterocycles. The van der Waals surface area contributed by atoms with Crippen LogP contribution in [-0.4, -0.2) is 56.0 Å². The fraction of sp³-hybridized carbons (Fsp3) is 0.318. The second-order valence-electron chi connectivity index (χ2n) is 7.31. The number of likely N-dealkylation sites (tertiary alicyclic amines) is 1. The minimum atomic E-state index is -0.290. The molecular weight excluding hydrogens is 368 g/mol. The number of aliphatic hydroxyl groups is 1. The van der Waals surface area contributed by atoms with Crippen molar-refractivity contribution in [2.24, 2.45) is 5.92 Å². The number of rotatable bonds is 5. The van der Waals surface area contributed by atoms with Crippen LogP contribution in [0.4, 0.5) is 0 Å². The van der Waals surface area contributed by atoms with Gasteiger partial charge in [0.1, 0.15) is 0 Å². The van der Waals surface area contributed by atoms with Gasteiger partial charge in [-0.1, -0.05) is 30.3 Å². The zero-order valence-electron chi connectivity index (χ0n) is 16.4. The molecule has 3 N–H and O–H groups in total. The lowest BCUT2D eigenvalue weighted by Crippen LogP contribution is -2.21. The number of aromatic amines is 1. The van der Waals surface area contributed by atoms with Crippen LogP contribution in [0.25, 0.3) is 11.1 Å². The first kappa shape index (κ1) is 20.7. The number of aromatic nitrogens is 3. The number of nitrogens with zero attached hydrogens (tertiary/aromatic N) is 3. The summed E-state index contributed by atoms with van der Waals surface area (Å²) in [6.07, 6.45) is 4.20. The van der Waals surface area contributed by atoms with Crippen LogP contribution >= 0.6 is 0 Å². The number of hydrogen-bond donors (Lipinski definition) is 3. The molecule has 1 saturated heterocycles. The second kappa shape index (κ2) is 9.95. The van der Waals surface area contributed by atoms with Gasteiger partial charge >= 0.3 is 0 Å². The van der Waals surface area contributed by atoms with E-state index >= 15 is 0 Å². The first-order chi connectivity index (χ1) is 14.1. The number of benzene rings is 1. The average Bonchev–Trinajstić information content (AvgIpc) is 3.29. The number of aliphatic hydroxyl groups excluding tert-OH is 1. The van der Waals surface area contributed by atoms with Crippen molar-refractivity contribution >= 4 is 6.47 Å². The van der Waals surface area contributed by atoms with E-state index in [1.165, 1.54) is 11.1 Å². The van der Waals surface area contributed by atoms with Gasteiger partial charge in [-0.05, 0) is 42.2 Å². The summed E-state index contributed by atoms with van der Waals surface area (Å²) in [5.74, 6) is 0.243. The van der Waals surface area contributed by atoms with Gasteiger partial charge in [0.15, 0.2) is 0 Å². The number of carboxylic acid groups (broad SMARTS) is 1. The van der Waals surface area contributed by atoms with Crippen LogP contribution in [0.3, 0.4) is 0 Å². The first-order valence-electron chi connectivity index (χ1n) is 9.57. The maximum Gasteiger partial charge on any atom is 0.290 e. The normalized spacial score (nSPS) is 18.8. The second-order valence-corrected chi connectivity index (χ2v) is 7.31. The third-order valence-electron chi connectivity index (χ3n) is 5.07. The van der Waals surface area contributed by atoms with E-state index in [0.29, 0.717) is 0 Å². The van der Waals surface area contributed by atoms with Crippen LogP contribution in [0.5, 0.6) is 0 Å². The van der Waals surface area contributed by atoms with Crippen LogP contribution < -0.4 is 0 Å². The third-order valence-corrected chi connectivity index (χ3v) is 5.07. The van der Waals surface area contributed by atoms with E-state index in [1.54, 1.807) is 6.20 Å². The molecule has 1 aliphatic heterocycles. The SMILES string of the molecule is Cc1cc(C[C@@H]2CN(Cc3ccc(-c4cccnc4)cc3)C[C@@H]2O)n[nH]1.O=CO. The Bertz CT molecular complexity index is 896. The highest BCUT2D eigenvalue weighted by Crippen LogP contribution is 2.24. The largest absolute Gasteiger partial charge is 0.483 e. The lowest BCUT2D eigenvalue weighted by molar-refractivity contribution is -0.122. The minimum Gasteiger partial charge on any atom is -0.483 e. The van der Waals surface area contributed by atoms with Gasteiger partial charge in [0.2, 0.25) is 0 Å². The summed E-state index contributed by atoms with van der Waals surface area (Å²) in [6.45, 7) is 4.24. The molecule has 1 aliphatic rings. The van der Waals surface area contributed by atoms with Crippen LogP contribution in [-0.2, 0) is 17.8 Å². The van der Waals surface area contributed by atoms with E-state index in [9.17, 15) is 5.11 Å². The fourth-order valence-electron chi connectivity index (χ4n) is 3.71. The molecule has 29 heavy (non-hydrogen) atoms. The standard InChI is InChI=1S/C21H24N4O.CH2O2/c1-15-9-20(24-23-15)10-19-13-25(14-21(19)26)12-16-4-6-17(7-5-16)18-3-2-8-22-11-18;2-1-3/h2-9,11,19,21,26H,10,12-14H2,1H3,(H,23,24);1H,(H,2,3)/t19-,21+;/m1./s1. The van der Waals surface area contributed by atoms with Crippen LogP contribution in [0.1, 0.15) is 17.0 Å². The number of pyridine rings is 1. The van der Waals surface area contributed by atoms with Crippen molar-refractivity contribution in [3.8, 4) is 11.1 Å². The zero-order valence-corrected chi connectivity index (χ0v) is 16.4. The zero-order chi connectivity index (χ0) is 20.6. The van der Waals surface area contributed by atoms with Gasteiger partial charge in [-0.25, -0.2) is 0 Å². The van der Waals surface area contributed by atoms with Gasteiger partial charge in [-0.15, -0.1) is 0 Å². The topological polar surface area (TPSA) is 102 Å². The van der Waals surface area contributed by atoms with Crippen molar-refractivity contribution in [3.63, 3.8) is 0 Å². The number of hydrogen-bond acceptors (Lipinski definition) is 5. The smallest absolute Gasteiger partial charge is 0.290 e. The van der Waals surface area contributed by atoms with E-state index in [0.717, 1.165) is 43.0 Å². The Hall–Kier alpha value is -3.03. The Morgan fingerprint density at radius 1 is 1.21 bits per heavy atom. The van der Waals surface area contributed by atoms with Gasteiger partial charge in [-0.2, -0.15) is 5.10 Å². The first-order valence-corrected chi connectivity index (χ1v) is 9.57. The summed E-state index contributed by atoms with van der Waals surface area (Å²) in [6, 6.07) is 14.7. The minimum absolute atomic E-state index is 0.243. The van der Waals surface area contributed by atoms with Crippen molar-refractivity contribution in [3.05, 3.63) is 71.8 Å². The number of aryl methyl sites for hydroxylation is 1. The van der Waals surface area contributed by atoms with Crippen molar-refractivity contribution in [1.29, 1.82) is 0 Å². The van der Waals surface area contributed by atoms with Gasteiger partial charge in [0.25, 0.3) is 6.47 Å². The summed E-state index contributed by atoms with van der Waals surface area (Å²) in [4.78, 5) is 14.9. The van der Waals surface area contributed by atoms with Gasteiger partial charge in [0.05, 0.1) is 11.8 Å². The summed E-state index contributed by atoms with van der Waals surface area (Å²) < 4.78 is 0. The monoisotopic (exact) mass is 394 g/mol. The highest BCUT2D eigenvalue weighted by atomic mass is 16.3. The van der Waals surface area contributed by atoms with E-state index in [4.69, 9.17) is 9.90 Å². The lowest BCUT2D eigenvalue weighted by atomic mass is 10.00.